The summed E-state index contributed by atoms with van der Waals surface area (Å²) >= 11 is 0. The predicted octanol–water partition coefficient (Wildman–Crippen LogP) is 4.22. The van der Waals surface area contributed by atoms with Crippen LogP contribution in [-0.4, -0.2) is 52.9 Å². The Balaban J connectivity index is 1.31. The van der Waals surface area contributed by atoms with Gasteiger partial charge in [-0.25, -0.2) is 13.2 Å². The van der Waals surface area contributed by atoms with E-state index < -0.39 is 15.7 Å². The van der Waals surface area contributed by atoms with Crippen LogP contribution in [0.4, 0.5) is 5.69 Å². The molecule has 12 heteroatoms. The molecule has 4 N–H and O–H groups in total. The Hall–Kier alpha value is -4.49. The van der Waals surface area contributed by atoms with Crippen molar-refractivity contribution in [2.45, 2.75) is 36.7 Å². The number of fused-ring (bicyclic) bond motifs is 1. The van der Waals surface area contributed by atoms with Gasteiger partial charge in [0, 0.05) is 36.4 Å². The third kappa shape index (κ3) is 6.10. The molecule has 226 valence electrons. The largest absolute Gasteiger partial charge is 0.354 e. The van der Waals surface area contributed by atoms with Crippen molar-refractivity contribution in [1.29, 1.82) is 0 Å². The number of benzene rings is 3. The highest BCUT2D eigenvalue weighted by Crippen LogP contribution is 2.29. The second-order valence-corrected chi connectivity index (χ2v) is 12.8. The van der Waals surface area contributed by atoms with Crippen LogP contribution in [0.25, 0.3) is 28.0 Å². The van der Waals surface area contributed by atoms with E-state index in [1.807, 2.05) is 42.5 Å². The summed E-state index contributed by atoms with van der Waals surface area (Å²) in [5.74, 6) is 0. The summed E-state index contributed by atoms with van der Waals surface area (Å²) in [4.78, 5) is 31.5. The molecule has 5 aromatic rings. The van der Waals surface area contributed by atoms with Crippen LogP contribution >= 0.6 is 0 Å². The quantitative estimate of drug-likeness (QED) is 0.200. The maximum absolute atomic E-state index is 14.2. The highest BCUT2D eigenvalue weighted by Gasteiger charge is 2.32. The Labute approximate surface area is 254 Å². The molecule has 0 bridgehead atoms. The summed E-state index contributed by atoms with van der Waals surface area (Å²) in [6.45, 7) is 2.16. The van der Waals surface area contributed by atoms with Crippen LogP contribution < -0.4 is 16.7 Å². The molecule has 11 nitrogen and oxygen atoms in total. The summed E-state index contributed by atoms with van der Waals surface area (Å²) in [5, 5.41) is 7.03. The van der Waals surface area contributed by atoms with E-state index in [9.17, 15) is 18.1 Å². The molecule has 1 aliphatic rings. The summed E-state index contributed by atoms with van der Waals surface area (Å²) < 4.78 is 31.4. The summed E-state index contributed by atoms with van der Waals surface area (Å²) in [5.41, 5.74) is 9.78. The Morgan fingerprint density at radius 1 is 0.977 bits per heavy atom. The number of hydrogen-bond acceptors (Lipinski definition) is 8. The lowest BCUT2D eigenvalue weighted by molar-refractivity contribution is 0.264. The Morgan fingerprint density at radius 3 is 2.50 bits per heavy atom. The van der Waals surface area contributed by atoms with Gasteiger partial charge >= 0.3 is 5.69 Å². The summed E-state index contributed by atoms with van der Waals surface area (Å²) in [7, 11) is -3.87. The zero-order valence-corrected chi connectivity index (χ0v) is 24.8. The van der Waals surface area contributed by atoms with Crippen molar-refractivity contribution in [3.05, 3.63) is 112 Å². The van der Waals surface area contributed by atoms with Crippen LogP contribution in [0.15, 0.2) is 99.9 Å². The number of sulfonamides is 1. The topological polar surface area (TPSA) is 156 Å². The van der Waals surface area contributed by atoms with Crippen LogP contribution in [0.3, 0.4) is 0 Å². The molecule has 6 rings (SSSR count). The average molecular weight is 612 g/mol. The first-order chi connectivity index (χ1) is 21.4. The fourth-order valence-corrected chi connectivity index (χ4v) is 7.42. The molecule has 1 fully saturated rings. The SMILES string of the molecule is NCc1ccc(-n2cc3cc(-c4cccc(S(=O)(=O)N(CCc5cccc(N=O)c5)C5CCNCC5)c4)[nH]c3nc2=O)cc1. The standard InChI is InChI=1S/C32H33N7O4S/c33-20-23-7-9-27(10-8-23)38-21-25-19-30(35-31(25)36-32(38)40)24-4-2-6-29(18-24)44(42,43)39(28-11-14-34-15-12-28)16-13-22-3-1-5-26(17-22)37-41/h1-10,17-19,21,28,34H,11-16,20,33H2,(H,35,36,40). The fraction of sp³-hybridized carbons (Fsp3) is 0.250. The normalized spacial score (nSPS) is 14.3. The zero-order valence-electron chi connectivity index (χ0n) is 24.0. The number of nitrogens with two attached hydrogens (primary N) is 1. The number of nitrogens with one attached hydrogen (secondary N) is 2. The number of hydrogen-bond donors (Lipinski definition) is 3. The van der Waals surface area contributed by atoms with E-state index in [2.05, 4.69) is 20.5 Å². The molecule has 0 amide bonds. The lowest BCUT2D eigenvalue weighted by atomic mass is 10.1. The van der Waals surface area contributed by atoms with Crippen molar-refractivity contribution in [2.75, 3.05) is 19.6 Å². The van der Waals surface area contributed by atoms with E-state index in [4.69, 9.17) is 5.73 Å². The minimum absolute atomic E-state index is 0.153. The predicted molar refractivity (Wildman–Crippen MR) is 170 cm³/mol. The molecule has 1 aliphatic heterocycles. The van der Waals surface area contributed by atoms with Gasteiger partial charge in [0.15, 0.2) is 0 Å². The highest BCUT2D eigenvalue weighted by molar-refractivity contribution is 7.89. The maximum atomic E-state index is 14.2. The number of aromatic nitrogens is 3. The van der Waals surface area contributed by atoms with E-state index >= 15 is 0 Å². The molecule has 0 unspecified atom stereocenters. The van der Waals surface area contributed by atoms with Gasteiger partial charge in [-0.2, -0.15) is 9.29 Å². The summed E-state index contributed by atoms with van der Waals surface area (Å²) in [6.07, 6.45) is 3.58. The van der Waals surface area contributed by atoms with Gasteiger partial charge in [-0.1, -0.05) is 36.4 Å². The Kier molecular flexibility index (Phi) is 8.49. The van der Waals surface area contributed by atoms with Crippen LogP contribution in [0.1, 0.15) is 24.0 Å². The molecule has 0 aliphatic carbocycles. The van der Waals surface area contributed by atoms with Gasteiger partial charge in [0.05, 0.1) is 10.6 Å². The van der Waals surface area contributed by atoms with E-state index in [-0.39, 0.29) is 17.5 Å². The van der Waals surface area contributed by atoms with Gasteiger partial charge < -0.3 is 16.0 Å². The number of rotatable bonds is 10. The number of nitroso groups, excluding NO2 is 1. The van der Waals surface area contributed by atoms with E-state index in [0.717, 1.165) is 24.2 Å². The first-order valence-electron chi connectivity index (χ1n) is 14.5. The van der Waals surface area contributed by atoms with Gasteiger partial charge in [-0.3, -0.25) is 4.57 Å². The van der Waals surface area contributed by atoms with Crippen molar-refractivity contribution in [3.63, 3.8) is 0 Å². The summed E-state index contributed by atoms with van der Waals surface area (Å²) in [6, 6.07) is 22.8. The van der Waals surface area contributed by atoms with Crippen LogP contribution in [0, 0.1) is 4.91 Å². The highest BCUT2D eigenvalue weighted by atomic mass is 32.2. The number of nitrogens with zero attached hydrogens (tertiary/aromatic N) is 4. The number of piperidine rings is 1. The van der Waals surface area contributed by atoms with Crippen LogP contribution in [0.5, 0.6) is 0 Å². The molecular formula is C32H33N7O4S. The molecule has 3 heterocycles. The average Bonchev–Trinajstić information content (AvgIpc) is 3.48. The van der Waals surface area contributed by atoms with E-state index in [1.165, 1.54) is 4.57 Å². The first-order valence-corrected chi connectivity index (χ1v) is 16.0. The third-order valence-electron chi connectivity index (χ3n) is 8.06. The number of H-pyrrole nitrogens is 1. The van der Waals surface area contributed by atoms with Gasteiger partial charge in [0.1, 0.15) is 11.3 Å². The van der Waals surface area contributed by atoms with Crippen molar-refractivity contribution < 1.29 is 8.42 Å². The molecule has 44 heavy (non-hydrogen) atoms. The second-order valence-electron chi connectivity index (χ2n) is 10.9. The molecule has 0 spiro atoms. The van der Waals surface area contributed by atoms with Crippen molar-refractivity contribution in [2.24, 2.45) is 10.9 Å². The van der Waals surface area contributed by atoms with Gasteiger partial charge in [-0.15, -0.1) is 4.91 Å². The third-order valence-corrected chi connectivity index (χ3v) is 10.0. The second kappa shape index (κ2) is 12.6. The molecule has 3 aromatic carbocycles. The maximum Gasteiger partial charge on any atom is 0.354 e. The van der Waals surface area contributed by atoms with Crippen molar-refractivity contribution in [1.82, 2.24) is 24.2 Å². The molecule has 0 atom stereocenters. The van der Waals surface area contributed by atoms with E-state index in [1.54, 1.807) is 46.9 Å². The monoisotopic (exact) mass is 611 g/mol. The van der Waals surface area contributed by atoms with Gasteiger partial charge in [0.25, 0.3) is 0 Å². The lowest BCUT2D eigenvalue weighted by Gasteiger charge is -2.34. The van der Waals surface area contributed by atoms with Gasteiger partial charge in [0.2, 0.25) is 10.0 Å². The molecule has 1 saturated heterocycles. The van der Waals surface area contributed by atoms with Crippen molar-refractivity contribution in [3.8, 4) is 16.9 Å². The Bertz CT molecular complexity index is 1960. The van der Waals surface area contributed by atoms with E-state index in [0.29, 0.717) is 59.5 Å². The lowest BCUT2D eigenvalue weighted by Crippen LogP contribution is -2.46. The Morgan fingerprint density at radius 2 is 1.75 bits per heavy atom. The fourth-order valence-electron chi connectivity index (χ4n) is 5.69. The smallest absolute Gasteiger partial charge is 0.339 e. The minimum atomic E-state index is -3.87. The van der Waals surface area contributed by atoms with Crippen molar-refractivity contribution >= 4 is 26.7 Å². The number of aromatic amines is 1. The molecule has 0 saturated carbocycles. The van der Waals surface area contributed by atoms with Crippen LogP contribution in [-0.2, 0) is 23.0 Å². The molecular weight excluding hydrogens is 578 g/mol. The zero-order chi connectivity index (χ0) is 30.7. The first kappa shape index (κ1) is 29.6. The molecule has 2 aromatic heterocycles. The minimum Gasteiger partial charge on any atom is -0.339 e. The molecule has 0 radical (unpaired) electrons. The van der Waals surface area contributed by atoms with Crippen LogP contribution in [0.2, 0.25) is 0 Å². The van der Waals surface area contributed by atoms with Gasteiger partial charge in [-0.05, 0) is 96.7 Å².